The first-order valence-electron chi connectivity index (χ1n) is 8.92. The number of benzene rings is 2. The van der Waals surface area contributed by atoms with Gasteiger partial charge in [0.1, 0.15) is 0 Å². The summed E-state index contributed by atoms with van der Waals surface area (Å²) in [7, 11) is 0. The van der Waals surface area contributed by atoms with Crippen molar-refractivity contribution in [1.29, 1.82) is 0 Å². The highest BCUT2D eigenvalue weighted by Crippen LogP contribution is 2.41. The molecule has 2 aromatic carbocycles. The van der Waals surface area contributed by atoms with E-state index in [0.717, 1.165) is 12.1 Å². The molecule has 0 fully saturated rings. The predicted molar refractivity (Wildman–Crippen MR) is 107 cm³/mol. The van der Waals surface area contributed by atoms with E-state index < -0.39 is 35.6 Å². The number of hydrogen-bond acceptors (Lipinski definition) is 4. The monoisotopic (exact) mass is 466 g/mol. The minimum atomic E-state index is -5.23. The fraction of sp³-hybridized carbons (Fsp3) is 0.350. The first-order valence-corrected chi connectivity index (χ1v) is 10.3. The highest BCUT2D eigenvalue weighted by atomic mass is 32.2. The van der Waals surface area contributed by atoms with Crippen LogP contribution in [0.4, 0.5) is 32.0 Å². The molecule has 0 aliphatic rings. The summed E-state index contributed by atoms with van der Waals surface area (Å²) >= 11 is 1.36. The van der Waals surface area contributed by atoms with Crippen molar-refractivity contribution in [2.45, 2.75) is 24.5 Å². The van der Waals surface area contributed by atoms with Crippen LogP contribution in [0.3, 0.4) is 0 Å². The Bertz CT molecular complexity index is 886. The molecular formula is C20H20F6N2O2S. The predicted octanol–water partition coefficient (Wildman–Crippen LogP) is 4.55. The first-order chi connectivity index (χ1) is 14.4. The maximum Gasteiger partial charge on any atom is 0.423 e. The van der Waals surface area contributed by atoms with E-state index in [9.17, 15) is 36.2 Å². The van der Waals surface area contributed by atoms with Crippen LogP contribution in [0.1, 0.15) is 16.7 Å². The second kappa shape index (κ2) is 9.82. The Kier molecular flexibility index (Phi) is 7.87. The highest BCUT2D eigenvalue weighted by molar-refractivity contribution is 7.99. The smallest absolute Gasteiger partial charge is 0.381 e. The fourth-order valence-electron chi connectivity index (χ4n) is 2.67. The van der Waals surface area contributed by atoms with E-state index in [-0.39, 0.29) is 24.2 Å². The number of carbonyl (C=O) groups is 1. The zero-order chi connectivity index (χ0) is 23.3. The van der Waals surface area contributed by atoms with E-state index in [4.69, 9.17) is 0 Å². The van der Waals surface area contributed by atoms with E-state index in [2.05, 4.69) is 10.6 Å². The molecule has 0 saturated carbocycles. The van der Waals surface area contributed by atoms with Crippen molar-refractivity contribution in [3.63, 3.8) is 0 Å². The summed E-state index contributed by atoms with van der Waals surface area (Å²) in [4.78, 5) is 11.5. The maximum atomic E-state index is 13.6. The normalized spacial score (nSPS) is 14.1. The molecule has 0 bridgehead atoms. The molecule has 1 amide bonds. The van der Waals surface area contributed by atoms with Crippen LogP contribution in [0.25, 0.3) is 0 Å². The van der Waals surface area contributed by atoms with E-state index in [0.29, 0.717) is 17.4 Å². The van der Waals surface area contributed by atoms with Gasteiger partial charge in [-0.3, -0.25) is 4.79 Å². The van der Waals surface area contributed by atoms with Crippen LogP contribution in [0.5, 0.6) is 0 Å². The topological polar surface area (TPSA) is 61.4 Å². The van der Waals surface area contributed by atoms with Crippen molar-refractivity contribution >= 4 is 23.4 Å². The van der Waals surface area contributed by atoms with E-state index in [1.807, 2.05) is 0 Å². The number of alkyl halides is 6. The van der Waals surface area contributed by atoms with Gasteiger partial charge in [0.2, 0.25) is 11.5 Å². The number of aliphatic hydroxyl groups is 1. The number of amides is 1. The SMILES string of the molecule is CSCC(=O)NCc1ccc(NC[C@@](O)(c2cccc(C(F)(F)F)c2)C(F)(F)F)cc1. The van der Waals surface area contributed by atoms with Crippen LogP contribution in [0, 0.1) is 0 Å². The molecule has 0 heterocycles. The molecule has 0 aliphatic carbocycles. The lowest BCUT2D eigenvalue weighted by Crippen LogP contribution is -2.47. The fourth-order valence-corrected chi connectivity index (χ4v) is 3.04. The zero-order valence-corrected chi connectivity index (χ0v) is 17.1. The number of anilines is 1. The molecule has 4 nitrogen and oxygen atoms in total. The summed E-state index contributed by atoms with van der Waals surface area (Å²) in [5, 5.41) is 15.4. The molecule has 2 aromatic rings. The van der Waals surface area contributed by atoms with Crippen LogP contribution in [0.15, 0.2) is 48.5 Å². The third kappa shape index (κ3) is 6.54. The minimum Gasteiger partial charge on any atom is -0.381 e. The van der Waals surface area contributed by atoms with Gasteiger partial charge in [-0.15, -0.1) is 0 Å². The number of rotatable bonds is 8. The third-order valence-corrected chi connectivity index (χ3v) is 4.95. The Hall–Kier alpha value is -2.40. The van der Waals surface area contributed by atoms with Gasteiger partial charge in [-0.2, -0.15) is 38.1 Å². The van der Waals surface area contributed by atoms with Gasteiger partial charge in [-0.1, -0.05) is 24.3 Å². The van der Waals surface area contributed by atoms with Crippen LogP contribution in [-0.4, -0.2) is 35.7 Å². The molecule has 2 rings (SSSR count). The molecule has 0 spiro atoms. The molecule has 1 atom stereocenters. The Balaban J connectivity index is 2.15. The van der Waals surface area contributed by atoms with Crippen LogP contribution in [-0.2, 0) is 23.1 Å². The van der Waals surface area contributed by atoms with E-state index in [1.54, 1.807) is 18.4 Å². The average Bonchev–Trinajstić information content (AvgIpc) is 2.70. The quantitative estimate of drug-likeness (QED) is 0.500. The molecule has 0 aliphatic heterocycles. The summed E-state index contributed by atoms with van der Waals surface area (Å²) in [6.07, 6.45) is -8.30. The number of halogens is 6. The van der Waals surface area contributed by atoms with Crippen molar-refractivity contribution in [3.8, 4) is 0 Å². The van der Waals surface area contributed by atoms with Crippen molar-refractivity contribution < 1.29 is 36.2 Å². The van der Waals surface area contributed by atoms with E-state index in [1.165, 1.54) is 23.9 Å². The molecule has 170 valence electrons. The van der Waals surface area contributed by atoms with Gasteiger partial charge in [0.05, 0.1) is 17.9 Å². The van der Waals surface area contributed by atoms with Crippen LogP contribution >= 0.6 is 11.8 Å². The van der Waals surface area contributed by atoms with Gasteiger partial charge in [-0.25, -0.2) is 0 Å². The first kappa shape index (κ1) is 24.9. The van der Waals surface area contributed by atoms with Gasteiger partial charge in [0, 0.05) is 12.2 Å². The van der Waals surface area contributed by atoms with Gasteiger partial charge < -0.3 is 15.7 Å². The van der Waals surface area contributed by atoms with Crippen LogP contribution in [0.2, 0.25) is 0 Å². The molecule has 0 unspecified atom stereocenters. The number of nitrogens with one attached hydrogen (secondary N) is 2. The molecule has 0 saturated heterocycles. The molecule has 0 radical (unpaired) electrons. The molecule has 3 N–H and O–H groups in total. The number of carbonyl (C=O) groups excluding carboxylic acids is 1. The molecule has 0 aromatic heterocycles. The molecule has 31 heavy (non-hydrogen) atoms. The lowest BCUT2D eigenvalue weighted by molar-refractivity contribution is -0.260. The summed E-state index contributed by atoms with van der Waals surface area (Å²) < 4.78 is 79.5. The Morgan fingerprint density at radius 3 is 2.16 bits per heavy atom. The maximum absolute atomic E-state index is 13.6. The summed E-state index contributed by atoms with van der Waals surface area (Å²) in [5.41, 5.74) is -4.84. The van der Waals surface area contributed by atoms with Crippen molar-refractivity contribution in [1.82, 2.24) is 5.32 Å². The van der Waals surface area contributed by atoms with Gasteiger partial charge in [0.15, 0.2) is 0 Å². The molecular weight excluding hydrogens is 446 g/mol. The Morgan fingerprint density at radius 1 is 1.00 bits per heavy atom. The van der Waals surface area contributed by atoms with Crippen molar-refractivity contribution in [3.05, 3.63) is 65.2 Å². The standard InChI is InChI=1S/C20H20F6N2O2S/c1-31-11-17(29)27-10-13-5-7-16(8-6-13)28-12-18(30,20(24,25)26)14-3-2-4-15(9-14)19(21,22)23/h2-9,28,30H,10-12H2,1H3,(H,27,29)/t18-/m1/s1. The zero-order valence-electron chi connectivity index (χ0n) is 16.3. The highest BCUT2D eigenvalue weighted by Gasteiger charge is 2.55. The Morgan fingerprint density at radius 2 is 1.61 bits per heavy atom. The lowest BCUT2D eigenvalue weighted by atomic mass is 9.91. The third-order valence-electron chi connectivity index (χ3n) is 4.40. The summed E-state index contributed by atoms with van der Waals surface area (Å²) in [5.74, 6) is 0.136. The average molecular weight is 466 g/mol. The van der Waals surface area contributed by atoms with Gasteiger partial charge in [-0.05, 0) is 41.6 Å². The largest absolute Gasteiger partial charge is 0.423 e. The van der Waals surface area contributed by atoms with Gasteiger partial charge in [0.25, 0.3) is 0 Å². The lowest BCUT2D eigenvalue weighted by Gasteiger charge is -2.32. The van der Waals surface area contributed by atoms with Crippen molar-refractivity contribution in [2.75, 3.05) is 23.9 Å². The molecule has 11 heteroatoms. The summed E-state index contributed by atoms with van der Waals surface area (Å²) in [6.45, 7) is -0.863. The van der Waals surface area contributed by atoms with Gasteiger partial charge >= 0.3 is 12.4 Å². The van der Waals surface area contributed by atoms with E-state index >= 15 is 0 Å². The number of thioether (sulfide) groups is 1. The second-order valence-corrected chi connectivity index (χ2v) is 7.56. The minimum absolute atomic E-state index is 0.161. The number of hydrogen-bond donors (Lipinski definition) is 3. The van der Waals surface area contributed by atoms with Crippen LogP contribution < -0.4 is 10.6 Å². The second-order valence-electron chi connectivity index (χ2n) is 6.70. The van der Waals surface area contributed by atoms with Crippen molar-refractivity contribution in [2.24, 2.45) is 0 Å². The Labute approximate surface area is 179 Å². The summed E-state index contributed by atoms with van der Waals surface area (Å²) in [6, 6.07) is 8.55.